The fraction of sp³-hybridized carbons (Fsp3) is 0.333. The minimum atomic E-state index is 0.0119. The van der Waals surface area contributed by atoms with Gasteiger partial charge in [-0.25, -0.2) is 0 Å². The lowest BCUT2D eigenvalue weighted by Crippen LogP contribution is -2.13. The van der Waals surface area contributed by atoms with Crippen molar-refractivity contribution in [1.82, 2.24) is 9.78 Å². The summed E-state index contributed by atoms with van der Waals surface area (Å²) in [5.41, 5.74) is 6.36. The molecule has 5 nitrogen and oxygen atoms in total. The number of aromatic nitrogens is 2. The Morgan fingerprint density at radius 2 is 2.24 bits per heavy atom. The number of nitrogens with two attached hydrogens (primary N) is 1. The van der Waals surface area contributed by atoms with Gasteiger partial charge in [0.05, 0.1) is 18.0 Å². The van der Waals surface area contributed by atoms with Gasteiger partial charge in [0.25, 0.3) is 0 Å². The first-order chi connectivity index (χ1) is 10.0. The smallest absolute Gasteiger partial charge is 0.165 e. The van der Waals surface area contributed by atoms with Gasteiger partial charge in [0, 0.05) is 10.9 Å². The molecule has 3 N–H and O–H groups in total. The maximum absolute atomic E-state index is 7.80. The molecule has 0 saturated carbocycles. The van der Waals surface area contributed by atoms with Crippen LogP contribution in [0.4, 0.5) is 0 Å². The summed E-state index contributed by atoms with van der Waals surface area (Å²) in [5, 5.41) is 12.0. The molecule has 21 heavy (non-hydrogen) atoms. The maximum atomic E-state index is 7.80. The van der Waals surface area contributed by atoms with Gasteiger partial charge in [0.15, 0.2) is 5.75 Å². The van der Waals surface area contributed by atoms with Crippen LogP contribution < -0.4 is 10.5 Å². The van der Waals surface area contributed by atoms with E-state index in [0.29, 0.717) is 17.1 Å². The first-order valence-electron chi connectivity index (χ1n) is 6.85. The van der Waals surface area contributed by atoms with Gasteiger partial charge < -0.3 is 10.5 Å². The second kappa shape index (κ2) is 6.67. The third-order valence-electron chi connectivity index (χ3n) is 2.89. The van der Waals surface area contributed by atoms with Crippen LogP contribution in [0.25, 0.3) is 0 Å². The van der Waals surface area contributed by atoms with Crippen LogP contribution in [0.15, 0.2) is 35.5 Å². The fourth-order valence-electron chi connectivity index (χ4n) is 1.92. The van der Waals surface area contributed by atoms with E-state index in [1.807, 2.05) is 29.1 Å². The van der Waals surface area contributed by atoms with Crippen LogP contribution in [-0.4, -0.2) is 21.4 Å². The fourth-order valence-corrected chi connectivity index (χ4v) is 2.76. The minimum absolute atomic E-state index is 0.0119. The summed E-state index contributed by atoms with van der Waals surface area (Å²) in [6.45, 7) is 6.17. The van der Waals surface area contributed by atoms with Gasteiger partial charge in [-0.05, 0) is 31.7 Å². The van der Waals surface area contributed by atoms with Crippen molar-refractivity contribution in [2.45, 2.75) is 31.7 Å². The SMILES string of the molecule is CCSc1cccc(Oc2cnn(C(C)C)c2)c1C(=N)N. The molecule has 1 aromatic heterocycles. The number of benzene rings is 1. The highest BCUT2D eigenvalue weighted by Crippen LogP contribution is 2.32. The average Bonchev–Trinajstić information content (AvgIpc) is 2.87. The zero-order valence-corrected chi connectivity index (χ0v) is 13.3. The highest BCUT2D eigenvalue weighted by atomic mass is 32.2. The third kappa shape index (κ3) is 3.58. The molecule has 0 atom stereocenters. The number of nitrogen functional groups attached to an aromatic ring is 1. The van der Waals surface area contributed by atoms with Crippen molar-refractivity contribution in [1.29, 1.82) is 5.41 Å². The van der Waals surface area contributed by atoms with Gasteiger partial charge in [0.1, 0.15) is 11.6 Å². The zero-order valence-electron chi connectivity index (χ0n) is 12.5. The molecule has 112 valence electrons. The van der Waals surface area contributed by atoms with E-state index in [1.54, 1.807) is 18.0 Å². The zero-order chi connectivity index (χ0) is 15.4. The normalized spacial score (nSPS) is 10.9. The molecule has 0 unspecified atom stereocenters. The Kier molecular flexibility index (Phi) is 4.90. The summed E-state index contributed by atoms with van der Waals surface area (Å²) in [5.74, 6) is 2.15. The predicted octanol–water partition coefficient (Wildman–Crippen LogP) is 3.65. The third-order valence-corrected chi connectivity index (χ3v) is 3.83. The van der Waals surface area contributed by atoms with Crippen molar-refractivity contribution in [3.05, 3.63) is 36.2 Å². The van der Waals surface area contributed by atoms with Crippen LogP contribution in [0.2, 0.25) is 0 Å². The van der Waals surface area contributed by atoms with Crippen LogP contribution in [0.5, 0.6) is 11.5 Å². The van der Waals surface area contributed by atoms with Crippen LogP contribution in [0, 0.1) is 5.41 Å². The van der Waals surface area contributed by atoms with Gasteiger partial charge in [-0.15, -0.1) is 11.8 Å². The molecule has 2 aromatic rings. The van der Waals surface area contributed by atoms with E-state index in [4.69, 9.17) is 15.9 Å². The van der Waals surface area contributed by atoms with Crippen molar-refractivity contribution >= 4 is 17.6 Å². The lowest BCUT2D eigenvalue weighted by molar-refractivity contribution is 0.474. The minimum Gasteiger partial charge on any atom is -0.453 e. The summed E-state index contributed by atoms with van der Waals surface area (Å²) in [6.07, 6.45) is 3.51. The van der Waals surface area contributed by atoms with Crippen molar-refractivity contribution in [2.24, 2.45) is 5.73 Å². The number of nitrogens with one attached hydrogen (secondary N) is 1. The van der Waals surface area contributed by atoms with Crippen LogP contribution in [0.1, 0.15) is 32.4 Å². The van der Waals surface area contributed by atoms with Gasteiger partial charge in [-0.1, -0.05) is 13.0 Å². The van der Waals surface area contributed by atoms with Crippen LogP contribution in [0.3, 0.4) is 0 Å². The molecule has 0 amide bonds. The first kappa shape index (κ1) is 15.4. The van der Waals surface area contributed by atoms with E-state index in [0.717, 1.165) is 10.6 Å². The number of rotatable bonds is 6. The quantitative estimate of drug-likeness (QED) is 0.485. The summed E-state index contributed by atoms with van der Waals surface area (Å²) < 4.78 is 7.70. The summed E-state index contributed by atoms with van der Waals surface area (Å²) >= 11 is 1.64. The van der Waals surface area contributed by atoms with Gasteiger partial charge in [0.2, 0.25) is 0 Å². The van der Waals surface area contributed by atoms with Crippen molar-refractivity contribution in [2.75, 3.05) is 5.75 Å². The molecule has 0 radical (unpaired) electrons. The first-order valence-corrected chi connectivity index (χ1v) is 7.83. The average molecular weight is 304 g/mol. The summed E-state index contributed by atoms with van der Waals surface area (Å²) in [7, 11) is 0. The second-order valence-electron chi connectivity index (χ2n) is 4.83. The molecule has 1 aromatic carbocycles. The van der Waals surface area contributed by atoms with E-state index in [1.165, 1.54) is 0 Å². The molecule has 0 aliphatic rings. The Bertz CT molecular complexity index is 636. The number of nitrogens with zero attached hydrogens (tertiary/aromatic N) is 2. The number of ether oxygens (including phenoxy) is 1. The van der Waals surface area contributed by atoms with Gasteiger partial charge in [-0.2, -0.15) is 5.10 Å². The highest BCUT2D eigenvalue weighted by molar-refractivity contribution is 7.99. The van der Waals surface area contributed by atoms with E-state index in [9.17, 15) is 0 Å². The topological polar surface area (TPSA) is 76.9 Å². The molecule has 2 rings (SSSR count). The number of hydrogen-bond donors (Lipinski definition) is 2. The second-order valence-corrected chi connectivity index (χ2v) is 6.13. The lowest BCUT2D eigenvalue weighted by Gasteiger charge is -2.12. The standard InChI is InChI=1S/C15H20N4OS/c1-4-21-13-7-5-6-12(14(13)15(16)17)20-11-8-18-19(9-11)10(2)3/h5-10H,4H2,1-3H3,(H3,16,17). The van der Waals surface area contributed by atoms with E-state index in [2.05, 4.69) is 25.9 Å². The number of hydrogen-bond acceptors (Lipinski definition) is 4. The van der Waals surface area contributed by atoms with Crippen LogP contribution >= 0.6 is 11.8 Å². The Balaban J connectivity index is 2.34. The molecule has 0 aliphatic heterocycles. The van der Waals surface area contributed by atoms with Gasteiger partial charge >= 0.3 is 0 Å². The van der Waals surface area contributed by atoms with E-state index < -0.39 is 0 Å². The molecule has 0 aliphatic carbocycles. The molecular weight excluding hydrogens is 284 g/mol. The summed E-state index contributed by atoms with van der Waals surface area (Å²) in [4.78, 5) is 0.957. The Morgan fingerprint density at radius 3 is 2.81 bits per heavy atom. The monoisotopic (exact) mass is 304 g/mol. The maximum Gasteiger partial charge on any atom is 0.165 e. The Hall–Kier alpha value is -1.95. The predicted molar refractivity (Wildman–Crippen MR) is 86.5 cm³/mol. The lowest BCUT2D eigenvalue weighted by atomic mass is 10.2. The molecule has 0 saturated heterocycles. The van der Waals surface area contributed by atoms with E-state index in [-0.39, 0.29) is 11.9 Å². The summed E-state index contributed by atoms with van der Waals surface area (Å²) in [6, 6.07) is 5.96. The van der Waals surface area contributed by atoms with Crippen molar-refractivity contribution in [3.8, 4) is 11.5 Å². The molecule has 0 bridgehead atoms. The molecular formula is C15H20N4OS. The van der Waals surface area contributed by atoms with Crippen LogP contribution in [-0.2, 0) is 0 Å². The molecule has 0 fully saturated rings. The highest BCUT2D eigenvalue weighted by Gasteiger charge is 2.14. The Labute approximate surface area is 129 Å². The number of amidine groups is 1. The van der Waals surface area contributed by atoms with Crippen molar-refractivity contribution in [3.63, 3.8) is 0 Å². The molecule has 0 spiro atoms. The largest absolute Gasteiger partial charge is 0.453 e. The Morgan fingerprint density at radius 1 is 1.48 bits per heavy atom. The van der Waals surface area contributed by atoms with E-state index >= 15 is 0 Å². The number of thioether (sulfide) groups is 1. The molecule has 6 heteroatoms. The molecule has 1 heterocycles. The van der Waals surface area contributed by atoms with Crippen molar-refractivity contribution < 1.29 is 4.74 Å². The van der Waals surface area contributed by atoms with Gasteiger partial charge in [-0.3, -0.25) is 10.1 Å².